The van der Waals surface area contributed by atoms with Gasteiger partial charge in [0.25, 0.3) is 0 Å². The second-order valence-corrected chi connectivity index (χ2v) is 4.79. The lowest BCUT2D eigenvalue weighted by atomic mass is 10.3. The van der Waals surface area contributed by atoms with Crippen LogP contribution >= 0.6 is 11.8 Å². The fourth-order valence-corrected chi connectivity index (χ4v) is 2.23. The highest BCUT2D eigenvalue weighted by Gasteiger charge is 2.18. The minimum absolute atomic E-state index is 0.163. The molecule has 2 rings (SSSR count). The summed E-state index contributed by atoms with van der Waals surface area (Å²) >= 11 is 1.24. The van der Waals surface area contributed by atoms with Crippen molar-refractivity contribution in [2.45, 2.75) is 5.16 Å². The van der Waals surface area contributed by atoms with Crippen LogP contribution in [-0.2, 0) is 18.9 Å². The number of amides is 1. The van der Waals surface area contributed by atoms with E-state index in [0.717, 1.165) is 5.56 Å². The summed E-state index contributed by atoms with van der Waals surface area (Å²) in [7, 11) is 5.15. The summed E-state index contributed by atoms with van der Waals surface area (Å²) in [5, 5.41) is 12.9. The van der Waals surface area contributed by atoms with Gasteiger partial charge in [0.15, 0.2) is 11.0 Å². The van der Waals surface area contributed by atoms with Gasteiger partial charge in [-0.1, -0.05) is 11.8 Å². The molecular formula is C10H14N6O2S. The van der Waals surface area contributed by atoms with Crippen LogP contribution in [0.25, 0.3) is 11.4 Å². The van der Waals surface area contributed by atoms with Gasteiger partial charge in [0, 0.05) is 20.3 Å². The predicted molar refractivity (Wildman–Crippen MR) is 69.7 cm³/mol. The van der Waals surface area contributed by atoms with Crippen LogP contribution in [0.2, 0.25) is 0 Å². The van der Waals surface area contributed by atoms with Gasteiger partial charge in [-0.05, 0) is 0 Å². The number of carbonyl (C=O) groups excluding carboxylic acids is 1. The number of carbonyl (C=O) groups is 1. The van der Waals surface area contributed by atoms with Crippen LogP contribution in [0.15, 0.2) is 11.4 Å². The number of rotatable bonds is 5. The van der Waals surface area contributed by atoms with Crippen LogP contribution < -0.4 is 10.5 Å². The Morgan fingerprint density at radius 2 is 2.21 bits per heavy atom. The van der Waals surface area contributed by atoms with Crippen molar-refractivity contribution < 1.29 is 9.53 Å². The molecule has 1 amide bonds. The molecule has 0 unspecified atom stereocenters. The SMILES string of the molecule is COc1nn(C)cc1-c1nnc(SCC(N)=O)n1C. The highest BCUT2D eigenvalue weighted by atomic mass is 32.2. The zero-order chi connectivity index (χ0) is 14.0. The molecule has 0 radical (unpaired) electrons. The first-order chi connectivity index (χ1) is 9.02. The summed E-state index contributed by atoms with van der Waals surface area (Å²) in [5.41, 5.74) is 5.85. The van der Waals surface area contributed by atoms with E-state index in [-0.39, 0.29) is 5.75 Å². The number of aromatic nitrogens is 5. The third-order valence-electron chi connectivity index (χ3n) is 2.41. The molecule has 0 spiro atoms. The lowest BCUT2D eigenvalue weighted by Gasteiger charge is -2.02. The standard InChI is InChI=1S/C10H14N6O2S/c1-15-4-6(9(14-15)18-3)8-12-13-10(16(8)2)19-5-7(11)17/h4H,5H2,1-3H3,(H2,11,17). The Morgan fingerprint density at radius 3 is 2.84 bits per heavy atom. The Labute approximate surface area is 113 Å². The van der Waals surface area contributed by atoms with Crippen molar-refractivity contribution >= 4 is 17.7 Å². The molecule has 0 saturated carbocycles. The van der Waals surface area contributed by atoms with Crippen molar-refractivity contribution in [3.8, 4) is 17.3 Å². The van der Waals surface area contributed by atoms with E-state index in [9.17, 15) is 4.79 Å². The molecular weight excluding hydrogens is 268 g/mol. The Bertz CT molecular complexity index is 605. The van der Waals surface area contributed by atoms with E-state index in [0.29, 0.717) is 16.9 Å². The maximum Gasteiger partial charge on any atom is 0.243 e. The Balaban J connectivity index is 2.33. The van der Waals surface area contributed by atoms with Gasteiger partial charge in [0.05, 0.1) is 12.9 Å². The first kappa shape index (κ1) is 13.4. The van der Waals surface area contributed by atoms with Gasteiger partial charge in [-0.3, -0.25) is 9.48 Å². The molecule has 0 aromatic carbocycles. The van der Waals surface area contributed by atoms with Gasteiger partial charge in [0.1, 0.15) is 5.56 Å². The summed E-state index contributed by atoms with van der Waals surface area (Å²) < 4.78 is 8.60. The lowest BCUT2D eigenvalue weighted by Crippen LogP contribution is -2.13. The van der Waals surface area contributed by atoms with Crippen LogP contribution in [0.1, 0.15) is 0 Å². The van der Waals surface area contributed by atoms with Crippen LogP contribution in [0.3, 0.4) is 0 Å². The van der Waals surface area contributed by atoms with E-state index in [4.69, 9.17) is 10.5 Å². The van der Waals surface area contributed by atoms with Crippen molar-refractivity contribution in [1.29, 1.82) is 0 Å². The molecule has 0 fully saturated rings. The maximum absolute atomic E-state index is 10.8. The van der Waals surface area contributed by atoms with E-state index >= 15 is 0 Å². The summed E-state index contributed by atoms with van der Waals surface area (Å²) in [6, 6.07) is 0. The topological polar surface area (TPSA) is 101 Å². The molecule has 0 aliphatic heterocycles. The van der Waals surface area contributed by atoms with E-state index in [1.54, 1.807) is 29.6 Å². The molecule has 2 aromatic heterocycles. The molecule has 19 heavy (non-hydrogen) atoms. The van der Waals surface area contributed by atoms with Crippen molar-refractivity contribution in [1.82, 2.24) is 24.5 Å². The van der Waals surface area contributed by atoms with E-state index in [2.05, 4.69) is 15.3 Å². The minimum atomic E-state index is -0.395. The second kappa shape index (κ2) is 5.31. The van der Waals surface area contributed by atoms with Crippen LogP contribution in [0, 0.1) is 0 Å². The number of ether oxygens (including phenoxy) is 1. The largest absolute Gasteiger partial charge is 0.479 e. The van der Waals surface area contributed by atoms with Crippen LogP contribution in [-0.4, -0.2) is 43.3 Å². The number of hydrogen-bond donors (Lipinski definition) is 1. The van der Waals surface area contributed by atoms with Gasteiger partial charge in [-0.25, -0.2) is 0 Å². The van der Waals surface area contributed by atoms with E-state index < -0.39 is 5.91 Å². The van der Waals surface area contributed by atoms with E-state index in [1.807, 2.05) is 7.05 Å². The molecule has 0 atom stereocenters. The summed E-state index contributed by atoms with van der Waals surface area (Å²) in [5.74, 6) is 0.866. The monoisotopic (exact) mass is 282 g/mol. The summed E-state index contributed by atoms with van der Waals surface area (Å²) in [6.07, 6.45) is 1.80. The molecule has 9 heteroatoms. The number of thioether (sulfide) groups is 1. The van der Waals surface area contributed by atoms with Gasteiger partial charge < -0.3 is 15.0 Å². The van der Waals surface area contributed by atoms with Crippen molar-refractivity contribution in [2.75, 3.05) is 12.9 Å². The summed E-state index contributed by atoms with van der Waals surface area (Å²) in [4.78, 5) is 10.8. The first-order valence-electron chi connectivity index (χ1n) is 5.41. The third kappa shape index (κ3) is 2.70. The van der Waals surface area contributed by atoms with E-state index in [1.165, 1.54) is 11.8 Å². The fourth-order valence-electron chi connectivity index (χ4n) is 1.58. The van der Waals surface area contributed by atoms with Crippen molar-refractivity contribution in [2.24, 2.45) is 19.8 Å². The highest BCUT2D eigenvalue weighted by Crippen LogP contribution is 2.28. The minimum Gasteiger partial charge on any atom is -0.479 e. The van der Waals surface area contributed by atoms with Gasteiger partial charge in [-0.2, -0.15) is 0 Å². The smallest absolute Gasteiger partial charge is 0.243 e. The average molecular weight is 282 g/mol. The molecule has 0 aliphatic carbocycles. The predicted octanol–water partition coefficient (Wildman–Crippen LogP) is -0.198. The highest BCUT2D eigenvalue weighted by molar-refractivity contribution is 7.99. The first-order valence-corrected chi connectivity index (χ1v) is 6.40. The van der Waals surface area contributed by atoms with Gasteiger partial charge in [0.2, 0.25) is 11.8 Å². The van der Waals surface area contributed by atoms with Crippen molar-refractivity contribution in [3.63, 3.8) is 0 Å². The number of aryl methyl sites for hydroxylation is 1. The Morgan fingerprint density at radius 1 is 1.47 bits per heavy atom. The van der Waals surface area contributed by atoms with Gasteiger partial charge in [-0.15, -0.1) is 15.3 Å². The molecule has 2 heterocycles. The zero-order valence-corrected chi connectivity index (χ0v) is 11.6. The Hall–Kier alpha value is -2.03. The molecule has 2 N–H and O–H groups in total. The van der Waals surface area contributed by atoms with Gasteiger partial charge >= 0.3 is 0 Å². The Kier molecular flexibility index (Phi) is 3.74. The molecule has 8 nitrogen and oxygen atoms in total. The van der Waals surface area contributed by atoms with Crippen molar-refractivity contribution in [3.05, 3.63) is 6.20 Å². The number of methoxy groups -OCH3 is 1. The van der Waals surface area contributed by atoms with Crippen LogP contribution in [0.4, 0.5) is 0 Å². The quantitative estimate of drug-likeness (QED) is 0.762. The normalized spacial score (nSPS) is 10.7. The molecule has 2 aromatic rings. The van der Waals surface area contributed by atoms with Crippen LogP contribution in [0.5, 0.6) is 5.88 Å². The fraction of sp³-hybridized carbons (Fsp3) is 0.400. The maximum atomic E-state index is 10.8. The molecule has 102 valence electrons. The number of nitrogens with two attached hydrogens (primary N) is 1. The lowest BCUT2D eigenvalue weighted by molar-refractivity contribution is -0.115. The second-order valence-electron chi connectivity index (χ2n) is 3.85. The number of primary amides is 1. The third-order valence-corrected chi connectivity index (χ3v) is 3.45. The number of hydrogen-bond acceptors (Lipinski definition) is 6. The number of nitrogens with zero attached hydrogens (tertiary/aromatic N) is 5. The molecule has 0 saturated heterocycles. The molecule has 0 bridgehead atoms. The zero-order valence-electron chi connectivity index (χ0n) is 10.8. The average Bonchev–Trinajstić information content (AvgIpc) is 2.89. The molecule has 0 aliphatic rings. The summed E-state index contributed by atoms with van der Waals surface area (Å²) in [6.45, 7) is 0.